The van der Waals surface area contributed by atoms with E-state index in [0.29, 0.717) is 63.1 Å². The van der Waals surface area contributed by atoms with Crippen molar-refractivity contribution < 1.29 is 27.1 Å². The molecule has 10 heteroatoms. The van der Waals surface area contributed by atoms with Gasteiger partial charge in [-0.05, 0) is 49.9 Å². The van der Waals surface area contributed by atoms with E-state index in [4.69, 9.17) is 13.9 Å². The largest absolute Gasteiger partial charge is 0.486 e. The van der Waals surface area contributed by atoms with Crippen LogP contribution in [0.25, 0.3) is 11.1 Å². The summed E-state index contributed by atoms with van der Waals surface area (Å²) in [5, 5.41) is 0. The first kappa shape index (κ1) is 22.4. The SMILES string of the molecule is O=C(C1CCCN1S(=O)(=O)c1ccc2c(c1)OCCO2)N1CCC(c2nc3ccccc3o2)CC1. The lowest BCUT2D eigenvalue weighted by Gasteiger charge is -2.34. The maximum absolute atomic E-state index is 13.5. The summed E-state index contributed by atoms with van der Waals surface area (Å²) in [6.07, 6.45) is 2.65. The van der Waals surface area contributed by atoms with E-state index in [9.17, 15) is 13.2 Å². The van der Waals surface area contributed by atoms with Crippen LogP contribution in [0.4, 0.5) is 0 Å². The fourth-order valence-electron chi connectivity index (χ4n) is 5.22. The highest BCUT2D eigenvalue weighted by Gasteiger charge is 2.42. The molecule has 0 N–H and O–H groups in total. The number of nitrogens with zero attached hydrogens (tertiary/aromatic N) is 3. The number of aromatic nitrogens is 1. The predicted octanol–water partition coefficient (Wildman–Crippen LogP) is 3.16. The number of sulfonamides is 1. The van der Waals surface area contributed by atoms with Crippen molar-refractivity contribution >= 4 is 27.0 Å². The van der Waals surface area contributed by atoms with Crippen LogP contribution in [0.2, 0.25) is 0 Å². The van der Waals surface area contributed by atoms with Crippen molar-refractivity contribution in [3.8, 4) is 11.5 Å². The van der Waals surface area contributed by atoms with Crippen molar-refractivity contribution in [1.82, 2.24) is 14.2 Å². The smallest absolute Gasteiger partial charge is 0.243 e. The van der Waals surface area contributed by atoms with Gasteiger partial charge in [-0.2, -0.15) is 4.31 Å². The molecule has 1 aromatic heterocycles. The van der Waals surface area contributed by atoms with Gasteiger partial charge in [0.2, 0.25) is 15.9 Å². The molecule has 2 aromatic carbocycles. The van der Waals surface area contributed by atoms with Crippen LogP contribution in [0.3, 0.4) is 0 Å². The highest BCUT2D eigenvalue weighted by molar-refractivity contribution is 7.89. The molecule has 0 spiro atoms. The molecule has 1 amide bonds. The van der Waals surface area contributed by atoms with Gasteiger partial charge in [-0.1, -0.05) is 12.1 Å². The Kier molecular flexibility index (Phi) is 5.64. The summed E-state index contributed by atoms with van der Waals surface area (Å²) in [5.74, 6) is 1.68. The normalized spacial score (nSPS) is 21.5. The summed E-state index contributed by atoms with van der Waals surface area (Å²) in [6.45, 7) is 2.24. The Balaban J connectivity index is 1.15. The Bertz CT molecular complexity index is 1330. The Hall–Kier alpha value is -3.11. The lowest BCUT2D eigenvalue weighted by atomic mass is 9.96. The fourth-order valence-corrected chi connectivity index (χ4v) is 6.88. The zero-order valence-electron chi connectivity index (χ0n) is 19.3. The molecule has 2 fully saturated rings. The monoisotopic (exact) mass is 497 g/mol. The first-order valence-corrected chi connectivity index (χ1v) is 13.5. The standard InChI is InChI=1S/C25H27N3O6S/c29-25(27-12-9-17(10-13-27)24-26-19-4-1-2-6-21(19)34-24)20-5-3-11-28(20)35(30,31)18-7-8-22-23(16-18)33-15-14-32-22/h1-2,4,6-8,16-17,20H,3,5,9-15H2. The van der Waals surface area contributed by atoms with Crippen molar-refractivity contribution in [2.75, 3.05) is 32.8 Å². The summed E-state index contributed by atoms with van der Waals surface area (Å²) in [7, 11) is -3.85. The molecule has 3 aliphatic rings. The van der Waals surface area contributed by atoms with E-state index in [0.717, 1.165) is 23.9 Å². The third-order valence-electron chi connectivity index (χ3n) is 7.08. The lowest BCUT2D eigenvalue weighted by Crippen LogP contribution is -2.49. The summed E-state index contributed by atoms with van der Waals surface area (Å²) >= 11 is 0. The maximum Gasteiger partial charge on any atom is 0.243 e. The Morgan fingerprint density at radius 2 is 1.71 bits per heavy atom. The molecule has 3 aromatic rings. The topological polar surface area (TPSA) is 102 Å². The van der Waals surface area contributed by atoms with E-state index < -0.39 is 16.1 Å². The third kappa shape index (κ3) is 4.04. The molecule has 3 aliphatic heterocycles. The van der Waals surface area contributed by atoms with Crippen molar-refractivity contribution in [2.24, 2.45) is 0 Å². The van der Waals surface area contributed by atoms with Crippen molar-refractivity contribution in [1.29, 1.82) is 0 Å². The van der Waals surface area contributed by atoms with Crippen LogP contribution in [0.15, 0.2) is 51.8 Å². The molecule has 4 heterocycles. The summed E-state index contributed by atoms with van der Waals surface area (Å²) in [6, 6.07) is 11.6. The van der Waals surface area contributed by atoms with E-state index >= 15 is 0 Å². The Labute approximate surface area is 203 Å². The summed E-state index contributed by atoms with van der Waals surface area (Å²) in [4.78, 5) is 20.0. The average molecular weight is 498 g/mol. The van der Waals surface area contributed by atoms with Crippen LogP contribution < -0.4 is 9.47 Å². The maximum atomic E-state index is 13.5. The van der Waals surface area contributed by atoms with E-state index in [1.165, 1.54) is 16.4 Å². The van der Waals surface area contributed by atoms with Crippen LogP contribution in [0.1, 0.15) is 37.5 Å². The number of piperidine rings is 1. The minimum absolute atomic E-state index is 0.121. The van der Waals surface area contributed by atoms with Gasteiger partial charge in [0.1, 0.15) is 24.8 Å². The molecule has 0 radical (unpaired) electrons. The lowest BCUT2D eigenvalue weighted by molar-refractivity contribution is -0.135. The number of fused-ring (bicyclic) bond motifs is 2. The minimum Gasteiger partial charge on any atom is -0.486 e. The average Bonchev–Trinajstić information content (AvgIpc) is 3.56. The summed E-state index contributed by atoms with van der Waals surface area (Å²) in [5.41, 5.74) is 1.61. The fraction of sp³-hybridized carbons (Fsp3) is 0.440. The molecule has 0 aliphatic carbocycles. The van der Waals surface area contributed by atoms with Crippen LogP contribution in [0, 0.1) is 0 Å². The van der Waals surface area contributed by atoms with Gasteiger partial charge in [-0.3, -0.25) is 4.79 Å². The Morgan fingerprint density at radius 3 is 2.51 bits per heavy atom. The van der Waals surface area contributed by atoms with E-state index in [-0.39, 0.29) is 16.7 Å². The number of carbonyl (C=O) groups excluding carboxylic acids is 1. The number of benzene rings is 2. The number of oxazole rings is 1. The van der Waals surface area contributed by atoms with Gasteiger partial charge in [0.15, 0.2) is 23.0 Å². The number of hydrogen-bond donors (Lipinski definition) is 0. The van der Waals surface area contributed by atoms with E-state index in [1.54, 1.807) is 11.0 Å². The number of ether oxygens (including phenoxy) is 2. The second-order valence-electron chi connectivity index (χ2n) is 9.20. The molecule has 2 saturated heterocycles. The molecule has 1 unspecified atom stereocenters. The van der Waals surface area contributed by atoms with Gasteiger partial charge in [0.25, 0.3) is 0 Å². The number of amides is 1. The van der Waals surface area contributed by atoms with Crippen LogP contribution >= 0.6 is 0 Å². The van der Waals surface area contributed by atoms with Crippen LogP contribution in [0.5, 0.6) is 11.5 Å². The van der Waals surface area contributed by atoms with E-state index in [2.05, 4.69) is 4.98 Å². The number of hydrogen-bond acceptors (Lipinski definition) is 7. The van der Waals surface area contributed by atoms with E-state index in [1.807, 2.05) is 24.3 Å². The molecule has 184 valence electrons. The Morgan fingerprint density at radius 1 is 0.943 bits per heavy atom. The van der Waals surface area contributed by atoms with Gasteiger partial charge in [-0.25, -0.2) is 13.4 Å². The van der Waals surface area contributed by atoms with Crippen LogP contribution in [-0.4, -0.2) is 67.4 Å². The number of rotatable bonds is 4. The van der Waals surface area contributed by atoms with Gasteiger partial charge >= 0.3 is 0 Å². The first-order chi connectivity index (χ1) is 17.0. The van der Waals surface area contributed by atoms with Crippen LogP contribution in [-0.2, 0) is 14.8 Å². The predicted molar refractivity (Wildman–Crippen MR) is 127 cm³/mol. The molecular weight excluding hydrogens is 470 g/mol. The third-order valence-corrected chi connectivity index (χ3v) is 8.98. The summed E-state index contributed by atoms with van der Waals surface area (Å²) < 4.78 is 45.3. The second-order valence-corrected chi connectivity index (χ2v) is 11.1. The highest BCUT2D eigenvalue weighted by atomic mass is 32.2. The molecule has 6 rings (SSSR count). The first-order valence-electron chi connectivity index (χ1n) is 12.1. The molecule has 9 nitrogen and oxygen atoms in total. The zero-order valence-corrected chi connectivity index (χ0v) is 20.1. The number of carbonyl (C=O) groups is 1. The molecule has 1 atom stereocenters. The molecular formula is C25H27N3O6S. The van der Waals surface area contributed by atoms with Crippen molar-refractivity contribution in [3.63, 3.8) is 0 Å². The molecule has 35 heavy (non-hydrogen) atoms. The number of para-hydroxylation sites is 2. The molecule has 0 bridgehead atoms. The van der Waals surface area contributed by atoms with Gasteiger partial charge < -0.3 is 18.8 Å². The highest BCUT2D eigenvalue weighted by Crippen LogP contribution is 2.36. The van der Waals surface area contributed by atoms with Gasteiger partial charge in [-0.15, -0.1) is 0 Å². The minimum atomic E-state index is -3.85. The second kappa shape index (κ2) is 8.83. The number of likely N-dealkylation sites (tertiary alicyclic amines) is 1. The molecule has 0 saturated carbocycles. The van der Waals surface area contributed by atoms with Gasteiger partial charge in [0.05, 0.1) is 4.90 Å². The van der Waals surface area contributed by atoms with Gasteiger partial charge in [0, 0.05) is 31.6 Å². The van der Waals surface area contributed by atoms with Crippen molar-refractivity contribution in [2.45, 2.75) is 42.5 Å². The quantitative estimate of drug-likeness (QED) is 0.546. The van der Waals surface area contributed by atoms with Crippen molar-refractivity contribution in [3.05, 3.63) is 48.4 Å². The zero-order chi connectivity index (χ0) is 24.0.